The highest BCUT2D eigenvalue weighted by atomic mass is 16.5. The summed E-state index contributed by atoms with van der Waals surface area (Å²) < 4.78 is 5.40. The molecule has 3 aromatic carbocycles. The van der Waals surface area contributed by atoms with Crippen molar-refractivity contribution in [3.8, 4) is 5.75 Å². The van der Waals surface area contributed by atoms with Crippen LogP contribution in [0.3, 0.4) is 0 Å². The highest BCUT2D eigenvalue weighted by Gasteiger charge is 2.31. The van der Waals surface area contributed by atoms with Gasteiger partial charge in [0.2, 0.25) is 0 Å². The molecule has 1 aliphatic rings. The Morgan fingerprint density at radius 3 is 2.34 bits per heavy atom. The van der Waals surface area contributed by atoms with E-state index < -0.39 is 0 Å². The van der Waals surface area contributed by atoms with Crippen LogP contribution in [0.1, 0.15) is 16.7 Å². The van der Waals surface area contributed by atoms with Crippen LogP contribution in [0.5, 0.6) is 5.75 Å². The minimum Gasteiger partial charge on any atom is -0.496 e. The van der Waals surface area contributed by atoms with Gasteiger partial charge in [-0.05, 0) is 31.2 Å². The molecule has 0 fully saturated rings. The minimum absolute atomic E-state index is 0.227. The maximum atomic E-state index is 13.2. The first-order valence-corrected chi connectivity index (χ1v) is 9.32. The van der Waals surface area contributed by atoms with Gasteiger partial charge < -0.3 is 4.74 Å². The van der Waals surface area contributed by atoms with Gasteiger partial charge in [-0.2, -0.15) is 5.01 Å². The van der Waals surface area contributed by atoms with Crippen LogP contribution in [-0.2, 0) is 4.79 Å². The molecule has 1 N–H and O–H groups in total. The maximum Gasteiger partial charge on any atom is 0.297 e. The van der Waals surface area contributed by atoms with E-state index in [1.807, 2.05) is 85.8 Å². The Labute approximate surface area is 169 Å². The molecule has 1 aliphatic heterocycles. The van der Waals surface area contributed by atoms with Crippen molar-refractivity contribution in [3.05, 3.63) is 101 Å². The number of ether oxygens (including phenoxy) is 1. The number of amides is 1. The van der Waals surface area contributed by atoms with E-state index >= 15 is 0 Å². The van der Waals surface area contributed by atoms with Crippen molar-refractivity contribution in [2.24, 2.45) is 4.99 Å². The Hall–Kier alpha value is -3.86. The average Bonchev–Trinajstić information content (AvgIpc) is 3.05. The van der Waals surface area contributed by atoms with E-state index in [0.717, 1.165) is 22.4 Å². The second kappa shape index (κ2) is 8.02. The smallest absolute Gasteiger partial charge is 0.297 e. The minimum atomic E-state index is -0.227. The van der Waals surface area contributed by atoms with Crippen molar-refractivity contribution < 1.29 is 9.53 Å². The Kier molecular flexibility index (Phi) is 5.12. The highest BCUT2D eigenvalue weighted by Crippen LogP contribution is 2.26. The largest absolute Gasteiger partial charge is 0.496 e. The summed E-state index contributed by atoms with van der Waals surface area (Å²) in [5, 5.41) is 1.49. The molecule has 0 radical (unpaired) electrons. The third kappa shape index (κ3) is 3.89. The lowest BCUT2D eigenvalue weighted by Gasteiger charge is -2.20. The molecule has 144 valence electrons. The van der Waals surface area contributed by atoms with Gasteiger partial charge in [-0.25, -0.2) is 4.99 Å². The Morgan fingerprint density at radius 1 is 0.931 bits per heavy atom. The number of anilines is 1. The van der Waals surface area contributed by atoms with Gasteiger partial charge in [0.25, 0.3) is 5.91 Å². The van der Waals surface area contributed by atoms with Crippen LogP contribution in [0, 0.1) is 6.92 Å². The van der Waals surface area contributed by atoms with Gasteiger partial charge >= 0.3 is 0 Å². The SMILES string of the molecule is COc1ccccc1/C=C1\N=C(c2ccc(C)cc2)N(Nc2ccccc2)C1=O. The summed E-state index contributed by atoms with van der Waals surface area (Å²) in [7, 11) is 1.61. The van der Waals surface area contributed by atoms with Crippen molar-refractivity contribution in [1.29, 1.82) is 0 Å². The van der Waals surface area contributed by atoms with Gasteiger partial charge in [0.1, 0.15) is 11.4 Å². The molecule has 0 unspecified atom stereocenters. The van der Waals surface area contributed by atoms with E-state index in [1.54, 1.807) is 13.2 Å². The molecule has 3 aromatic rings. The lowest BCUT2D eigenvalue weighted by atomic mass is 10.1. The summed E-state index contributed by atoms with van der Waals surface area (Å²) in [6.07, 6.45) is 1.75. The van der Waals surface area contributed by atoms with Crippen LogP contribution in [-0.4, -0.2) is 23.9 Å². The zero-order chi connectivity index (χ0) is 20.2. The second-order valence-corrected chi connectivity index (χ2v) is 6.69. The zero-order valence-electron chi connectivity index (χ0n) is 16.3. The molecular weight excluding hydrogens is 362 g/mol. The van der Waals surface area contributed by atoms with Crippen LogP contribution >= 0.6 is 0 Å². The number of para-hydroxylation sites is 2. The molecule has 1 heterocycles. The third-order valence-corrected chi connectivity index (χ3v) is 4.62. The van der Waals surface area contributed by atoms with E-state index in [1.165, 1.54) is 5.01 Å². The first-order chi connectivity index (χ1) is 14.2. The number of aliphatic imine (C=N–C) groups is 1. The lowest BCUT2D eigenvalue weighted by molar-refractivity contribution is -0.121. The van der Waals surface area contributed by atoms with Crippen molar-refractivity contribution in [2.45, 2.75) is 6.92 Å². The summed E-state index contributed by atoms with van der Waals surface area (Å²) in [6.45, 7) is 2.03. The molecule has 0 atom stereocenters. The summed E-state index contributed by atoms with van der Waals surface area (Å²) in [6, 6.07) is 25.1. The quantitative estimate of drug-likeness (QED) is 0.652. The summed E-state index contributed by atoms with van der Waals surface area (Å²) >= 11 is 0. The topological polar surface area (TPSA) is 53.9 Å². The standard InChI is InChI=1S/C24H21N3O2/c1-17-12-14-18(15-13-17)23-25-21(16-19-8-6-7-11-22(19)29-2)24(28)27(23)26-20-9-4-3-5-10-20/h3-16,26H,1-2H3/b21-16-. The first-order valence-electron chi connectivity index (χ1n) is 9.32. The third-order valence-electron chi connectivity index (χ3n) is 4.62. The fraction of sp³-hybridized carbons (Fsp3) is 0.0833. The number of methoxy groups -OCH3 is 1. The number of hydrogen-bond acceptors (Lipinski definition) is 4. The number of rotatable bonds is 5. The lowest BCUT2D eigenvalue weighted by Crippen LogP contribution is -2.37. The fourth-order valence-electron chi connectivity index (χ4n) is 3.09. The average molecular weight is 383 g/mol. The molecule has 0 aromatic heterocycles. The van der Waals surface area contributed by atoms with Gasteiger partial charge in [-0.15, -0.1) is 0 Å². The fourth-order valence-corrected chi connectivity index (χ4v) is 3.09. The zero-order valence-corrected chi connectivity index (χ0v) is 16.3. The van der Waals surface area contributed by atoms with Crippen molar-refractivity contribution in [2.75, 3.05) is 12.5 Å². The van der Waals surface area contributed by atoms with Crippen LogP contribution in [0.4, 0.5) is 5.69 Å². The Bertz CT molecular complexity index is 1090. The molecule has 4 rings (SSSR count). The summed E-state index contributed by atoms with van der Waals surface area (Å²) in [5.74, 6) is 1.02. The van der Waals surface area contributed by atoms with Gasteiger partial charge in [-0.3, -0.25) is 10.2 Å². The number of hydrogen-bond donors (Lipinski definition) is 1. The monoisotopic (exact) mass is 383 g/mol. The maximum absolute atomic E-state index is 13.2. The van der Waals surface area contributed by atoms with Crippen molar-refractivity contribution >= 4 is 23.5 Å². The molecule has 0 aliphatic carbocycles. The second-order valence-electron chi connectivity index (χ2n) is 6.69. The van der Waals surface area contributed by atoms with Gasteiger partial charge in [0.05, 0.1) is 12.8 Å². The molecular formula is C24H21N3O2. The van der Waals surface area contributed by atoms with Crippen LogP contribution in [0.2, 0.25) is 0 Å². The predicted molar refractivity (Wildman–Crippen MR) is 116 cm³/mol. The number of carbonyl (C=O) groups is 1. The van der Waals surface area contributed by atoms with E-state index in [0.29, 0.717) is 17.3 Å². The van der Waals surface area contributed by atoms with Crippen molar-refractivity contribution in [3.63, 3.8) is 0 Å². The van der Waals surface area contributed by atoms with E-state index in [9.17, 15) is 4.79 Å². The van der Waals surface area contributed by atoms with Crippen LogP contribution in [0.25, 0.3) is 6.08 Å². The van der Waals surface area contributed by atoms with E-state index in [-0.39, 0.29) is 5.91 Å². The number of nitrogens with one attached hydrogen (secondary N) is 1. The molecule has 5 nitrogen and oxygen atoms in total. The molecule has 29 heavy (non-hydrogen) atoms. The van der Waals surface area contributed by atoms with Crippen LogP contribution in [0.15, 0.2) is 89.6 Å². The van der Waals surface area contributed by atoms with Crippen molar-refractivity contribution in [1.82, 2.24) is 5.01 Å². The number of benzene rings is 3. The summed E-state index contributed by atoms with van der Waals surface area (Å²) in [4.78, 5) is 17.9. The molecule has 0 spiro atoms. The highest BCUT2D eigenvalue weighted by molar-refractivity contribution is 6.20. The molecule has 1 amide bonds. The van der Waals surface area contributed by atoms with E-state index in [2.05, 4.69) is 10.4 Å². The Morgan fingerprint density at radius 2 is 1.62 bits per heavy atom. The Balaban J connectivity index is 1.76. The van der Waals surface area contributed by atoms with E-state index in [4.69, 9.17) is 4.74 Å². The van der Waals surface area contributed by atoms with Gasteiger partial charge in [-0.1, -0.05) is 66.2 Å². The number of hydrazine groups is 1. The van der Waals surface area contributed by atoms with Gasteiger partial charge in [0, 0.05) is 11.1 Å². The summed E-state index contributed by atoms with van der Waals surface area (Å²) in [5.41, 5.74) is 7.12. The first kappa shape index (κ1) is 18.5. The number of nitrogens with zero attached hydrogens (tertiary/aromatic N) is 2. The number of aryl methyl sites for hydroxylation is 1. The normalized spacial score (nSPS) is 14.8. The molecule has 0 bridgehead atoms. The number of carbonyl (C=O) groups excluding carboxylic acids is 1. The predicted octanol–water partition coefficient (Wildman–Crippen LogP) is 4.66. The van der Waals surface area contributed by atoms with Gasteiger partial charge in [0.15, 0.2) is 5.84 Å². The molecule has 0 saturated carbocycles. The van der Waals surface area contributed by atoms with Crippen LogP contribution < -0.4 is 10.2 Å². The number of amidine groups is 1. The molecule has 0 saturated heterocycles. The molecule has 5 heteroatoms.